The second kappa shape index (κ2) is 8.15. The van der Waals surface area contributed by atoms with Gasteiger partial charge in [-0.3, -0.25) is 9.88 Å². The summed E-state index contributed by atoms with van der Waals surface area (Å²) in [4.78, 5) is 6.34. The topological polar surface area (TPSA) is 64.1 Å². The fourth-order valence-electron chi connectivity index (χ4n) is 3.88. The number of β-amino-alcohol motifs (C(OH)–C–C–N with tert-alkyl or cyclic N) is 1. The predicted octanol–water partition coefficient (Wildman–Crippen LogP) is 2.29. The van der Waals surface area contributed by atoms with E-state index in [1.165, 1.54) is 5.56 Å². The number of pyridine rings is 1. The van der Waals surface area contributed by atoms with E-state index in [1.54, 1.807) is 19.5 Å². The second-order valence-electron chi connectivity index (χ2n) is 7.24. The van der Waals surface area contributed by atoms with Crippen molar-refractivity contribution in [2.75, 3.05) is 33.4 Å². The van der Waals surface area contributed by atoms with Crippen molar-refractivity contribution in [1.29, 1.82) is 0 Å². The number of aromatic nitrogens is 1. The number of fused-ring (bicyclic) bond motifs is 1. The highest BCUT2D eigenvalue weighted by Gasteiger charge is 2.32. The summed E-state index contributed by atoms with van der Waals surface area (Å²) in [7, 11) is 1.67. The van der Waals surface area contributed by atoms with Crippen LogP contribution in [0.1, 0.15) is 17.5 Å². The molecule has 6 nitrogen and oxygen atoms in total. The number of methoxy groups -OCH3 is 1. The van der Waals surface area contributed by atoms with E-state index in [9.17, 15) is 5.11 Å². The Morgan fingerprint density at radius 2 is 1.89 bits per heavy atom. The molecule has 2 aliphatic heterocycles. The summed E-state index contributed by atoms with van der Waals surface area (Å²) in [6, 6.07) is 7.96. The average Bonchev–Trinajstić information content (AvgIpc) is 2.88. The molecule has 3 heterocycles. The molecule has 0 spiro atoms. The van der Waals surface area contributed by atoms with Gasteiger partial charge < -0.3 is 19.3 Å². The minimum absolute atomic E-state index is 0.221. The smallest absolute Gasteiger partial charge is 0.164 e. The molecule has 0 aliphatic carbocycles. The van der Waals surface area contributed by atoms with Gasteiger partial charge in [0.1, 0.15) is 5.75 Å². The summed E-state index contributed by atoms with van der Waals surface area (Å²) in [6.07, 6.45) is 5.01. The third kappa shape index (κ3) is 4.17. The van der Waals surface area contributed by atoms with Crippen molar-refractivity contribution in [3.63, 3.8) is 0 Å². The van der Waals surface area contributed by atoms with Crippen molar-refractivity contribution in [2.45, 2.75) is 25.5 Å². The second-order valence-corrected chi connectivity index (χ2v) is 7.24. The van der Waals surface area contributed by atoms with E-state index < -0.39 is 0 Å². The predicted molar refractivity (Wildman–Crippen MR) is 101 cm³/mol. The molecule has 27 heavy (non-hydrogen) atoms. The standard InChI is InChI=1S/C21H26N2O4/c1-25-19-11-21-20(26-7-2-8-27-21)10-17(19)13-23-12-16(18(24)14-23)9-15-3-5-22-6-4-15/h3-6,10-11,16,18,24H,2,7-9,12-14H2,1H3/t16-,18-/m1/s1. The maximum Gasteiger partial charge on any atom is 0.164 e. The van der Waals surface area contributed by atoms with Crippen LogP contribution in [-0.2, 0) is 13.0 Å². The molecule has 2 atom stereocenters. The minimum Gasteiger partial charge on any atom is -0.496 e. The molecule has 1 N–H and O–H groups in total. The number of hydrogen-bond acceptors (Lipinski definition) is 6. The zero-order valence-corrected chi connectivity index (χ0v) is 15.6. The summed E-state index contributed by atoms with van der Waals surface area (Å²) in [5, 5.41) is 10.5. The minimum atomic E-state index is -0.329. The average molecular weight is 370 g/mol. The lowest BCUT2D eigenvalue weighted by molar-refractivity contribution is 0.141. The summed E-state index contributed by atoms with van der Waals surface area (Å²) >= 11 is 0. The van der Waals surface area contributed by atoms with Crippen LogP contribution in [0.25, 0.3) is 0 Å². The van der Waals surface area contributed by atoms with Crippen LogP contribution >= 0.6 is 0 Å². The van der Waals surface area contributed by atoms with E-state index in [1.807, 2.05) is 24.3 Å². The molecule has 0 amide bonds. The molecule has 144 valence electrons. The van der Waals surface area contributed by atoms with Crippen LogP contribution in [-0.4, -0.2) is 54.5 Å². The maximum atomic E-state index is 10.5. The van der Waals surface area contributed by atoms with Crippen molar-refractivity contribution in [2.24, 2.45) is 5.92 Å². The van der Waals surface area contributed by atoms with E-state index in [0.29, 0.717) is 26.3 Å². The Kier molecular flexibility index (Phi) is 5.45. The molecule has 0 bridgehead atoms. The molecular formula is C21H26N2O4. The van der Waals surface area contributed by atoms with E-state index in [4.69, 9.17) is 14.2 Å². The van der Waals surface area contributed by atoms with E-state index in [2.05, 4.69) is 9.88 Å². The van der Waals surface area contributed by atoms with Crippen LogP contribution in [0.3, 0.4) is 0 Å². The normalized spacial score (nSPS) is 22.4. The third-order valence-electron chi connectivity index (χ3n) is 5.27. The van der Waals surface area contributed by atoms with Gasteiger partial charge in [-0.25, -0.2) is 0 Å². The Hall–Kier alpha value is -2.31. The van der Waals surface area contributed by atoms with Gasteiger partial charge in [-0.2, -0.15) is 0 Å². The van der Waals surface area contributed by atoms with Crippen LogP contribution < -0.4 is 14.2 Å². The van der Waals surface area contributed by atoms with Gasteiger partial charge in [0, 0.05) is 56.0 Å². The Morgan fingerprint density at radius 1 is 1.15 bits per heavy atom. The first kappa shape index (κ1) is 18.1. The first-order chi connectivity index (χ1) is 13.2. The van der Waals surface area contributed by atoms with Crippen LogP contribution in [0.5, 0.6) is 17.2 Å². The van der Waals surface area contributed by atoms with Crippen LogP contribution in [0, 0.1) is 5.92 Å². The number of ether oxygens (including phenoxy) is 3. The molecule has 1 aromatic heterocycles. The van der Waals surface area contributed by atoms with Gasteiger partial charge in [-0.15, -0.1) is 0 Å². The number of nitrogens with zero attached hydrogens (tertiary/aromatic N) is 2. The molecule has 4 rings (SSSR count). The third-order valence-corrected chi connectivity index (χ3v) is 5.27. The molecule has 0 unspecified atom stereocenters. The van der Waals surface area contributed by atoms with Gasteiger partial charge in [0.25, 0.3) is 0 Å². The van der Waals surface area contributed by atoms with Crippen molar-refractivity contribution in [3.05, 3.63) is 47.8 Å². The Morgan fingerprint density at radius 3 is 2.63 bits per heavy atom. The highest BCUT2D eigenvalue weighted by atomic mass is 16.5. The van der Waals surface area contributed by atoms with E-state index in [0.717, 1.165) is 42.2 Å². The summed E-state index contributed by atoms with van der Waals surface area (Å²) in [5.41, 5.74) is 2.27. The van der Waals surface area contributed by atoms with Crippen LogP contribution in [0.4, 0.5) is 0 Å². The SMILES string of the molecule is COc1cc2c(cc1CN1C[C@@H](Cc3ccncc3)[C@H](O)C1)OCCCO2. The zero-order valence-electron chi connectivity index (χ0n) is 15.6. The van der Waals surface area contributed by atoms with Gasteiger partial charge in [-0.1, -0.05) is 0 Å². The number of rotatable bonds is 5. The van der Waals surface area contributed by atoms with Crippen molar-refractivity contribution < 1.29 is 19.3 Å². The number of hydrogen-bond donors (Lipinski definition) is 1. The lowest BCUT2D eigenvalue weighted by atomic mass is 9.97. The molecule has 1 aromatic carbocycles. The van der Waals surface area contributed by atoms with Crippen molar-refractivity contribution >= 4 is 0 Å². The highest BCUT2D eigenvalue weighted by molar-refractivity contribution is 5.51. The quantitative estimate of drug-likeness (QED) is 0.871. The molecule has 0 saturated carbocycles. The molecule has 2 aliphatic rings. The van der Waals surface area contributed by atoms with E-state index >= 15 is 0 Å². The molecule has 1 fully saturated rings. The molecule has 6 heteroatoms. The number of likely N-dealkylation sites (tertiary alicyclic amines) is 1. The summed E-state index contributed by atoms with van der Waals surface area (Å²) < 4.78 is 17.2. The zero-order chi connectivity index (χ0) is 18.6. The summed E-state index contributed by atoms with van der Waals surface area (Å²) in [5.74, 6) is 2.53. The maximum absolute atomic E-state index is 10.5. The van der Waals surface area contributed by atoms with Crippen molar-refractivity contribution in [1.82, 2.24) is 9.88 Å². The Labute approximate surface area is 159 Å². The molecule has 0 radical (unpaired) electrons. The fourth-order valence-corrected chi connectivity index (χ4v) is 3.88. The van der Waals surface area contributed by atoms with Gasteiger partial charge in [-0.05, 0) is 30.2 Å². The molecule has 1 saturated heterocycles. The van der Waals surface area contributed by atoms with Crippen molar-refractivity contribution in [3.8, 4) is 17.2 Å². The van der Waals surface area contributed by atoms with E-state index in [-0.39, 0.29) is 12.0 Å². The lowest BCUT2D eigenvalue weighted by Crippen LogP contribution is -2.21. The van der Waals surface area contributed by atoms with Gasteiger partial charge in [0.2, 0.25) is 0 Å². The first-order valence-electron chi connectivity index (χ1n) is 9.49. The molecule has 2 aromatic rings. The Bertz CT molecular complexity index is 768. The highest BCUT2D eigenvalue weighted by Crippen LogP contribution is 2.37. The molecular weight excluding hydrogens is 344 g/mol. The lowest BCUT2D eigenvalue weighted by Gasteiger charge is -2.19. The summed E-state index contributed by atoms with van der Waals surface area (Å²) in [6.45, 7) is 3.54. The van der Waals surface area contributed by atoms with Gasteiger partial charge in [0.05, 0.1) is 26.4 Å². The number of aliphatic hydroxyl groups excluding tert-OH is 1. The van der Waals surface area contributed by atoms with Gasteiger partial charge in [0.15, 0.2) is 11.5 Å². The Balaban J connectivity index is 1.47. The first-order valence-corrected chi connectivity index (χ1v) is 9.49. The largest absolute Gasteiger partial charge is 0.496 e. The monoisotopic (exact) mass is 370 g/mol. The number of aliphatic hydroxyl groups is 1. The van der Waals surface area contributed by atoms with Gasteiger partial charge >= 0.3 is 0 Å². The fraction of sp³-hybridized carbons (Fsp3) is 0.476. The number of benzene rings is 1. The van der Waals surface area contributed by atoms with Crippen LogP contribution in [0.15, 0.2) is 36.7 Å². The van der Waals surface area contributed by atoms with Crippen LogP contribution in [0.2, 0.25) is 0 Å².